The molecule has 0 N–H and O–H groups in total. The van der Waals surface area contributed by atoms with Gasteiger partial charge in [-0.3, -0.25) is 0 Å². The first-order valence-corrected chi connectivity index (χ1v) is 6.83. The summed E-state index contributed by atoms with van der Waals surface area (Å²) in [6.07, 6.45) is 6.13. The van der Waals surface area contributed by atoms with Gasteiger partial charge in [-0.05, 0) is 25.3 Å². The van der Waals surface area contributed by atoms with E-state index >= 15 is 0 Å². The molecular weight excluding hydrogens is 236 g/mol. The Balaban J connectivity index is 1.88. The molecule has 0 amide bonds. The van der Waals surface area contributed by atoms with Crippen LogP contribution in [0.4, 0.5) is 0 Å². The van der Waals surface area contributed by atoms with E-state index in [9.17, 15) is 0 Å². The summed E-state index contributed by atoms with van der Waals surface area (Å²) in [5.41, 5.74) is 1.14. The molecular formula is C13H17ClN2O. The van der Waals surface area contributed by atoms with Gasteiger partial charge in [-0.2, -0.15) is 0 Å². The molecule has 1 aromatic rings. The van der Waals surface area contributed by atoms with Crippen LogP contribution >= 0.6 is 11.6 Å². The highest BCUT2D eigenvalue weighted by atomic mass is 35.5. The largest absolute Gasteiger partial charge is 0.381 e. The van der Waals surface area contributed by atoms with Gasteiger partial charge < -0.3 is 4.74 Å². The Bertz CT molecular complexity index is 364. The van der Waals surface area contributed by atoms with Crippen molar-refractivity contribution in [3.05, 3.63) is 22.7 Å². The van der Waals surface area contributed by atoms with Crippen molar-refractivity contribution in [1.82, 2.24) is 9.97 Å². The Hall–Kier alpha value is -0.670. The van der Waals surface area contributed by atoms with Crippen LogP contribution in [-0.2, 0) is 4.74 Å². The van der Waals surface area contributed by atoms with Crippen molar-refractivity contribution in [2.75, 3.05) is 13.2 Å². The van der Waals surface area contributed by atoms with Gasteiger partial charge in [0.1, 0.15) is 11.0 Å². The maximum absolute atomic E-state index is 6.11. The molecule has 2 heterocycles. The highest BCUT2D eigenvalue weighted by Gasteiger charge is 2.24. The average Bonchev–Trinajstić information content (AvgIpc) is 3.02. The summed E-state index contributed by atoms with van der Waals surface area (Å²) in [7, 11) is 0. The molecule has 17 heavy (non-hydrogen) atoms. The van der Waals surface area contributed by atoms with E-state index in [1.54, 1.807) is 0 Å². The van der Waals surface area contributed by atoms with Crippen LogP contribution in [0.15, 0.2) is 6.07 Å². The maximum atomic E-state index is 6.11. The lowest BCUT2D eigenvalue weighted by Gasteiger charge is -2.12. The van der Waals surface area contributed by atoms with Gasteiger partial charge in [-0.15, -0.1) is 0 Å². The first-order valence-electron chi connectivity index (χ1n) is 6.45. The molecule has 2 aliphatic rings. The fourth-order valence-electron chi connectivity index (χ4n) is 2.80. The molecule has 1 saturated heterocycles. The zero-order valence-corrected chi connectivity index (χ0v) is 10.6. The van der Waals surface area contributed by atoms with Gasteiger partial charge in [0.05, 0.1) is 6.61 Å². The summed E-state index contributed by atoms with van der Waals surface area (Å²) >= 11 is 6.11. The lowest BCUT2D eigenvalue weighted by molar-refractivity contribution is 0.193. The van der Waals surface area contributed by atoms with Crippen molar-refractivity contribution < 1.29 is 4.74 Å². The quantitative estimate of drug-likeness (QED) is 0.758. The highest BCUT2D eigenvalue weighted by Crippen LogP contribution is 2.34. The summed E-state index contributed by atoms with van der Waals surface area (Å²) in [6, 6.07) is 1.94. The minimum atomic E-state index is 0.342. The minimum Gasteiger partial charge on any atom is -0.381 e. The molecule has 1 atom stereocenters. The zero-order valence-electron chi connectivity index (χ0n) is 9.86. The SMILES string of the molecule is Clc1cc(C2CCCC2)nc(C2CCOC2)n1. The number of ether oxygens (including phenoxy) is 1. The van der Waals surface area contributed by atoms with Crippen LogP contribution in [0, 0.1) is 0 Å². The second-order valence-corrected chi connectivity index (χ2v) is 5.40. The monoisotopic (exact) mass is 252 g/mol. The number of hydrogen-bond acceptors (Lipinski definition) is 3. The van der Waals surface area contributed by atoms with Crippen LogP contribution in [0.5, 0.6) is 0 Å². The van der Waals surface area contributed by atoms with E-state index in [2.05, 4.69) is 4.98 Å². The summed E-state index contributed by atoms with van der Waals surface area (Å²) in [5.74, 6) is 1.82. The van der Waals surface area contributed by atoms with Gasteiger partial charge in [-0.1, -0.05) is 24.4 Å². The van der Waals surface area contributed by atoms with Gasteiger partial charge in [-0.25, -0.2) is 9.97 Å². The normalized spacial score (nSPS) is 25.6. The van der Waals surface area contributed by atoms with Crippen LogP contribution in [0.3, 0.4) is 0 Å². The van der Waals surface area contributed by atoms with Gasteiger partial charge in [0.2, 0.25) is 0 Å². The van der Waals surface area contributed by atoms with Gasteiger partial charge >= 0.3 is 0 Å². The van der Waals surface area contributed by atoms with Crippen LogP contribution in [0.1, 0.15) is 55.5 Å². The summed E-state index contributed by atoms with van der Waals surface area (Å²) in [5, 5.41) is 0.587. The Kier molecular flexibility index (Phi) is 3.30. The number of aromatic nitrogens is 2. The molecule has 0 radical (unpaired) electrons. The first kappa shape index (κ1) is 11.4. The average molecular weight is 253 g/mol. The highest BCUT2D eigenvalue weighted by molar-refractivity contribution is 6.29. The van der Waals surface area contributed by atoms with Crippen molar-refractivity contribution in [3.63, 3.8) is 0 Å². The lowest BCUT2D eigenvalue weighted by Crippen LogP contribution is -2.08. The number of rotatable bonds is 2. The molecule has 0 spiro atoms. The third-order valence-corrected chi connectivity index (χ3v) is 3.99. The van der Waals surface area contributed by atoms with Crippen molar-refractivity contribution in [2.45, 2.75) is 43.9 Å². The Labute approximate surface area is 107 Å². The first-order chi connectivity index (χ1) is 8.33. The molecule has 1 unspecified atom stereocenters. The lowest BCUT2D eigenvalue weighted by atomic mass is 10.0. The van der Waals surface area contributed by atoms with Crippen molar-refractivity contribution in [3.8, 4) is 0 Å². The molecule has 1 aliphatic carbocycles. The molecule has 1 aromatic heterocycles. The van der Waals surface area contributed by atoms with E-state index < -0.39 is 0 Å². The van der Waals surface area contributed by atoms with Crippen LogP contribution in [0.2, 0.25) is 5.15 Å². The Morgan fingerprint density at radius 2 is 1.94 bits per heavy atom. The fourth-order valence-corrected chi connectivity index (χ4v) is 3.00. The molecule has 2 fully saturated rings. The van der Waals surface area contributed by atoms with Gasteiger partial charge in [0, 0.05) is 24.1 Å². The second kappa shape index (κ2) is 4.91. The molecule has 3 nitrogen and oxygen atoms in total. The van der Waals surface area contributed by atoms with Crippen LogP contribution < -0.4 is 0 Å². The number of hydrogen-bond donors (Lipinski definition) is 0. The molecule has 1 aliphatic heterocycles. The van der Waals surface area contributed by atoms with Crippen LogP contribution in [0.25, 0.3) is 0 Å². The summed E-state index contributed by atoms with van der Waals surface area (Å²) in [6.45, 7) is 1.56. The number of nitrogens with zero attached hydrogens (tertiary/aromatic N) is 2. The molecule has 0 bridgehead atoms. The molecule has 4 heteroatoms. The van der Waals surface area contributed by atoms with E-state index in [-0.39, 0.29) is 0 Å². The van der Waals surface area contributed by atoms with E-state index in [0.29, 0.717) is 17.0 Å². The number of halogens is 1. The second-order valence-electron chi connectivity index (χ2n) is 5.02. The predicted octanol–water partition coefficient (Wildman–Crippen LogP) is 3.29. The predicted molar refractivity (Wildman–Crippen MR) is 66.4 cm³/mol. The van der Waals surface area contributed by atoms with Crippen molar-refractivity contribution >= 4 is 11.6 Å². The Morgan fingerprint density at radius 1 is 1.12 bits per heavy atom. The van der Waals surface area contributed by atoms with E-state index in [4.69, 9.17) is 21.3 Å². The van der Waals surface area contributed by atoms with Crippen molar-refractivity contribution in [1.29, 1.82) is 0 Å². The van der Waals surface area contributed by atoms with E-state index in [1.807, 2.05) is 6.07 Å². The molecule has 92 valence electrons. The fraction of sp³-hybridized carbons (Fsp3) is 0.692. The van der Waals surface area contributed by atoms with E-state index in [1.165, 1.54) is 25.7 Å². The maximum Gasteiger partial charge on any atom is 0.135 e. The van der Waals surface area contributed by atoms with Gasteiger partial charge in [0.15, 0.2) is 0 Å². The molecule has 3 rings (SSSR count). The minimum absolute atomic E-state index is 0.342. The topological polar surface area (TPSA) is 35.0 Å². The standard InChI is InChI=1S/C13H17ClN2O/c14-12-7-11(9-3-1-2-4-9)15-13(16-12)10-5-6-17-8-10/h7,9-10H,1-6,8H2. The molecule has 1 saturated carbocycles. The van der Waals surface area contributed by atoms with Gasteiger partial charge in [0.25, 0.3) is 0 Å². The third kappa shape index (κ3) is 2.45. The third-order valence-electron chi connectivity index (χ3n) is 3.80. The van der Waals surface area contributed by atoms with Crippen molar-refractivity contribution in [2.24, 2.45) is 0 Å². The zero-order chi connectivity index (χ0) is 11.7. The van der Waals surface area contributed by atoms with E-state index in [0.717, 1.165) is 31.2 Å². The summed E-state index contributed by atoms with van der Waals surface area (Å²) in [4.78, 5) is 9.08. The summed E-state index contributed by atoms with van der Waals surface area (Å²) < 4.78 is 5.39. The smallest absolute Gasteiger partial charge is 0.135 e. The molecule has 0 aromatic carbocycles. The Morgan fingerprint density at radius 3 is 2.65 bits per heavy atom. The van der Waals surface area contributed by atoms with Crippen LogP contribution in [-0.4, -0.2) is 23.2 Å².